The minimum atomic E-state index is 0.383. The lowest BCUT2D eigenvalue weighted by Gasteiger charge is -2.64. The molecule has 0 spiro atoms. The number of rotatable bonds is 4. The van der Waals surface area contributed by atoms with Crippen LogP contribution in [0.25, 0.3) is 0 Å². The summed E-state index contributed by atoms with van der Waals surface area (Å²) in [5, 5.41) is 9.15. The zero-order valence-corrected chi connectivity index (χ0v) is 17.2. The number of aliphatic hydroxyl groups excluding tert-OH is 1. The molecule has 0 radical (unpaired) electrons. The Morgan fingerprint density at radius 1 is 0.800 bits per heavy atom. The van der Waals surface area contributed by atoms with Crippen molar-refractivity contribution in [2.45, 2.75) is 104 Å². The van der Waals surface area contributed by atoms with Crippen LogP contribution in [0, 0.1) is 39.9 Å². The number of fused-ring (bicyclic) bond motifs is 5. The molecule has 144 valence electrons. The van der Waals surface area contributed by atoms with Gasteiger partial charge in [0.15, 0.2) is 0 Å². The second-order valence-electron chi connectivity index (χ2n) is 11.1. The summed E-state index contributed by atoms with van der Waals surface area (Å²) in [4.78, 5) is 0. The van der Waals surface area contributed by atoms with E-state index in [9.17, 15) is 0 Å². The van der Waals surface area contributed by atoms with E-state index in [2.05, 4.69) is 20.8 Å². The van der Waals surface area contributed by atoms with Gasteiger partial charge in [0.25, 0.3) is 0 Å². The second kappa shape index (κ2) is 6.54. The lowest BCUT2D eigenvalue weighted by molar-refractivity contribution is -0.152. The Morgan fingerprint density at radius 2 is 1.60 bits per heavy atom. The molecule has 25 heavy (non-hydrogen) atoms. The molecule has 0 bridgehead atoms. The van der Waals surface area contributed by atoms with Crippen molar-refractivity contribution >= 4 is 0 Å². The summed E-state index contributed by atoms with van der Waals surface area (Å²) < 4.78 is 0. The van der Waals surface area contributed by atoms with E-state index in [-0.39, 0.29) is 0 Å². The van der Waals surface area contributed by atoms with Gasteiger partial charge >= 0.3 is 0 Å². The average Bonchev–Trinajstić information content (AvgIpc) is 2.92. The van der Waals surface area contributed by atoms with Crippen LogP contribution in [-0.2, 0) is 0 Å². The fourth-order valence-electron chi connectivity index (χ4n) is 8.69. The van der Waals surface area contributed by atoms with Crippen molar-refractivity contribution in [3.63, 3.8) is 0 Å². The third-order valence-corrected chi connectivity index (χ3v) is 10.5. The number of hydrogen-bond acceptors (Lipinski definition) is 1. The van der Waals surface area contributed by atoms with Crippen LogP contribution in [-0.4, -0.2) is 11.7 Å². The fraction of sp³-hybridized carbons (Fsp3) is 1.00. The number of aliphatic hydroxyl groups is 1. The van der Waals surface area contributed by atoms with E-state index in [4.69, 9.17) is 5.11 Å². The van der Waals surface area contributed by atoms with Crippen LogP contribution in [0.3, 0.4) is 0 Å². The Labute approximate surface area is 156 Å². The third kappa shape index (κ3) is 2.66. The van der Waals surface area contributed by atoms with Gasteiger partial charge in [-0.1, -0.05) is 40.0 Å². The first-order valence-corrected chi connectivity index (χ1v) is 11.6. The zero-order chi connectivity index (χ0) is 17.7. The molecule has 1 nitrogen and oxygen atoms in total. The average molecular weight is 347 g/mol. The summed E-state index contributed by atoms with van der Waals surface area (Å²) in [5.41, 5.74) is 1.89. The van der Waals surface area contributed by atoms with Gasteiger partial charge in [0.2, 0.25) is 0 Å². The van der Waals surface area contributed by atoms with Crippen molar-refractivity contribution in [3.8, 4) is 0 Å². The van der Waals surface area contributed by atoms with Gasteiger partial charge < -0.3 is 5.11 Å². The standard InChI is InChI=1S/C24H42O/c1-22-13-5-6-14-24(22,3)21-12-16-23(2)18(8-4-7-17-25)9-10-20(23)19(21)11-15-22/h18-21,25H,4-17H2,1-3H3. The minimum Gasteiger partial charge on any atom is -0.396 e. The molecular formula is C24H42O. The van der Waals surface area contributed by atoms with Crippen LogP contribution in [0.4, 0.5) is 0 Å². The quantitative estimate of drug-likeness (QED) is 0.569. The van der Waals surface area contributed by atoms with Crippen LogP contribution >= 0.6 is 0 Å². The molecule has 0 amide bonds. The largest absolute Gasteiger partial charge is 0.396 e. The summed E-state index contributed by atoms with van der Waals surface area (Å²) in [6.07, 6.45) is 18.6. The molecule has 1 heteroatoms. The molecule has 4 aliphatic rings. The molecule has 0 heterocycles. The molecule has 7 atom stereocenters. The van der Waals surface area contributed by atoms with Gasteiger partial charge in [-0.05, 0) is 104 Å². The maximum absolute atomic E-state index is 9.15. The van der Waals surface area contributed by atoms with Gasteiger partial charge in [0.05, 0.1) is 0 Å². The van der Waals surface area contributed by atoms with Crippen LogP contribution in [0.15, 0.2) is 0 Å². The Bertz CT molecular complexity index is 486. The Hall–Kier alpha value is -0.0400. The van der Waals surface area contributed by atoms with Gasteiger partial charge in [-0.2, -0.15) is 0 Å². The van der Waals surface area contributed by atoms with E-state index in [0.717, 1.165) is 30.1 Å². The summed E-state index contributed by atoms with van der Waals surface area (Å²) in [7, 11) is 0. The molecular weight excluding hydrogens is 304 g/mol. The predicted octanol–water partition coefficient (Wildman–Crippen LogP) is 6.59. The highest BCUT2D eigenvalue weighted by molar-refractivity contribution is 5.11. The van der Waals surface area contributed by atoms with Crippen LogP contribution in [0.1, 0.15) is 104 Å². The lowest BCUT2D eigenvalue weighted by atomic mass is 9.40. The smallest absolute Gasteiger partial charge is 0.0431 e. The number of hydrogen-bond donors (Lipinski definition) is 1. The normalized spacial score (nSPS) is 52.3. The van der Waals surface area contributed by atoms with E-state index in [0.29, 0.717) is 22.9 Å². The van der Waals surface area contributed by atoms with Gasteiger partial charge in [-0.3, -0.25) is 0 Å². The van der Waals surface area contributed by atoms with Crippen LogP contribution < -0.4 is 0 Å². The van der Waals surface area contributed by atoms with Gasteiger partial charge in [0.1, 0.15) is 0 Å². The molecule has 0 aromatic heterocycles. The summed E-state index contributed by atoms with van der Waals surface area (Å²) in [6.45, 7) is 8.41. The van der Waals surface area contributed by atoms with E-state index >= 15 is 0 Å². The molecule has 7 unspecified atom stereocenters. The van der Waals surface area contributed by atoms with Crippen LogP contribution in [0.2, 0.25) is 0 Å². The maximum Gasteiger partial charge on any atom is 0.0431 e. The van der Waals surface area contributed by atoms with E-state index in [1.165, 1.54) is 77.0 Å². The highest BCUT2D eigenvalue weighted by Gasteiger charge is 2.62. The zero-order valence-electron chi connectivity index (χ0n) is 17.2. The first-order chi connectivity index (χ1) is 11.9. The molecule has 0 aliphatic heterocycles. The van der Waals surface area contributed by atoms with E-state index in [1.807, 2.05) is 0 Å². The van der Waals surface area contributed by atoms with E-state index in [1.54, 1.807) is 0 Å². The molecule has 1 N–H and O–H groups in total. The van der Waals surface area contributed by atoms with Crippen molar-refractivity contribution in [3.05, 3.63) is 0 Å². The summed E-state index contributed by atoms with van der Waals surface area (Å²) in [6, 6.07) is 0. The topological polar surface area (TPSA) is 20.2 Å². The monoisotopic (exact) mass is 346 g/mol. The first kappa shape index (κ1) is 18.3. The Morgan fingerprint density at radius 3 is 2.40 bits per heavy atom. The Balaban J connectivity index is 1.54. The molecule has 4 rings (SSSR count). The molecule has 0 aromatic carbocycles. The van der Waals surface area contributed by atoms with Crippen molar-refractivity contribution in [1.82, 2.24) is 0 Å². The molecule has 4 fully saturated rings. The third-order valence-electron chi connectivity index (χ3n) is 10.5. The van der Waals surface area contributed by atoms with Gasteiger partial charge in [-0.25, -0.2) is 0 Å². The highest BCUT2D eigenvalue weighted by Crippen LogP contribution is 2.70. The van der Waals surface area contributed by atoms with Crippen LogP contribution in [0.5, 0.6) is 0 Å². The van der Waals surface area contributed by atoms with Gasteiger partial charge in [-0.15, -0.1) is 0 Å². The Kier molecular flexibility index (Phi) is 4.79. The molecule has 0 aromatic rings. The van der Waals surface area contributed by atoms with Gasteiger partial charge in [0, 0.05) is 6.61 Å². The van der Waals surface area contributed by atoms with E-state index < -0.39 is 0 Å². The van der Waals surface area contributed by atoms with Crippen molar-refractivity contribution < 1.29 is 5.11 Å². The molecule has 4 saturated carbocycles. The summed E-state index contributed by atoms with van der Waals surface area (Å²) >= 11 is 0. The molecule has 4 aliphatic carbocycles. The van der Waals surface area contributed by atoms with Crippen molar-refractivity contribution in [2.24, 2.45) is 39.9 Å². The molecule has 0 saturated heterocycles. The second-order valence-corrected chi connectivity index (χ2v) is 11.1. The summed E-state index contributed by atoms with van der Waals surface area (Å²) in [5.74, 6) is 3.99. The first-order valence-electron chi connectivity index (χ1n) is 11.6. The van der Waals surface area contributed by atoms with Crippen molar-refractivity contribution in [1.29, 1.82) is 0 Å². The SMILES string of the molecule is CC12CCC3C(CCC4(C)CCCCC34C)C1CCC2CCCCO. The highest BCUT2D eigenvalue weighted by atomic mass is 16.2. The lowest BCUT2D eigenvalue weighted by Crippen LogP contribution is -2.56. The predicted molar refractivity (Wildman–Crippen MR) is 105 cm³/mol. The van der Waals surface area contributed by atoms with Crippen molar-refractivity contribution in [2.75, 3.05) is 6.61 Å². The minimum absolute atomic E-state index is 0.383. The fourth-order valence-corrected chi connectivity index (χ4v) is 8.69. The number of unbranched alkanes of at least 4 members (excludes halogenated alkanes) is 1. The maximum atomic E-state index is 9.15.